The van der Waals surface area contributed by atoms with E-state index in [9.17, 15) is 13.6 Å². The molecule has 0 unspecified atom stereocenters. The first kappa shape index (κ1) is 12.3. The number of anilines is 1. The summed E-state index contributed by atoms with van der Waals surface area (Å²) < 4.78 is 25.9. The molecule has 0 spiro atoms. The van der Waals surface area contributed by atoms with Crippen molar-refractivity contribution in [3.8, 4) is 0 Å². The number of hydrogen-bond acceptors (Lipinski definition) is 2. The van der Waals surface area contributed by atoms with Gasteiger partial charge in [0.25, 0.3) is 5.91 Å². The maximum atomic E-state index is 13.1. The number of carbonyl (C=O) groups is 1. The number of hydrogen-bond donors (Lipinski definition) is 2. The summed E-state index contributed by atoms with van der Waals surface area (Å²) >= 11 is 0. The van der Waals surface area contributed by atoms with Gasteiger partial charge in [-0.2, -0.15) is 5.10 Å². The van der Waals surface area contributed by atoms with Crippen molar-refractivity contribution in [3.05, 3.63) is 59.8 Å². The third-order valence-electron chi connectivity index (χ3n) is 2.88. The van der Waals surface area contributed by atoms with E-state index in [1.54, 1.807) is 24.4 Å². The molecule has 0 radical (unpaired) electrons. The van der Waals surface area contributed by atoms with Gasteiger partial charge in [-0.3, -0.25) is 9.89 Å². The van der Waals surface area contributed by atoms with Crippen molar-refractivity contribution in [2.45, 2.75) is 0 Å². The van der Waals surface area contributed by atoms with Crippen LogP contribution in [0.2, 0.25) is 0 Å². The molecule has 6 heteroatoms. The van der Waals surface area contributed by atoms with Crippen molar-refractivity contribution in [2.24, 2.45) is 0 Å². The standard InChI is InChI=1S/C14H9F2N3O/c15-11-4-3-10(6-12(11)16)18-14(20)8-1-2-9-7-17-19-13(9)5-8/h1-7H,(H,17,19)(H,18,20). The van der Waals surface area contributed by atoms with Gasteiger partial charge in [-0.1, -0.05) is 6.07 Å². The minimum atomic E-state index is -1.01. The van der Waals surface area contributed by atoms with Crippen LogP contribution in [0.5, 0.6) is 0 Å². The van der Waals surface area contributed by atoms with Crippen LogP contribution in [0.3, 0.4) is 0 Å². The van der Waals surface area contributed by atoms with Gasteiger partial charge in [0.05, 0.1) is 11.7 Å². The van der Waals surface area contributed by atoms with Gasteiger partial charge in [0, 0.05) is 22.7 Å². The highest BCUT2D eigenvalue weighted by atomic mass is 19.2. The van der Waals surface area contributed by atoms with Gasteiger partial charge in [-0.25, -0.2) is 8.78 Å². The van der Waals surface area contributed by atoms with Gasteiger partial charge >= 0.3 is 0 Å². The Morgan fingerprint density at radius 2 is 1.95 bits per heavy atom. The molecule has 3 rings (SSSR count). The number of benzene rings is 2. The zero-order valence-corrected chi connectivity index (χ0v) is 10.2. The molecule has 0 atom stereocenters. The molecule has 0 fully saturated rings. The lowest BCUT2D eigenvalue weighted by atomic mass is 10.1. The van der Waals surface area contributed by atoms with Crippen LogP contribution in [0.4, 0.5) is 14.5 Å². The summed E-state index contributed by atoms with van der Waals surface area (Å²) in [5.41, 5.74) is 1.31. The fourth-order valence-electron chi connectivity index (χ4n) is 1.86. The largest absolute Gasteiger partial charge is 0.322 e. The number of aromatic nitrogens is 2. The van der Waals surface area contributed by atoms with Gasteiger partial charge in [0.1, 0.15) is 0 Å². The molecule has 0 aliphatic rings. The van der Waals surface area contributed by atoms with Crippen LogP contribution < -0.4 is 5.32 Å². The van der Waals surface area contributed by atoms with Gasteiger partial charge < -0.3 is 5.32 Å². The van der Waals surface area contributed by atoms with Crippen LogP contribution in [0.1, 0.15) is 10.4 Å². The van der Waals surface area contributed by atoms with E-state index in [1.165, 1.54) is 6.07 Å². The summed E-state index contributed by atoms with van der Waals surface area (Å²) in [7, 11) is 0. The number of nitrogens with zero attached hydrogens (tertiary/aromatic N) is 1. The van der Waals surface area contributed by atoms with E-state index in [0.29, 0.717) is 5.56 Å². The molecule has 20 heavy (non-hydrogen) atoms. The average Bonchev–Trinajstić information content (AvgIpc) is 2.90. The lowest BCUT2D eigenvalue weighted by Crippen LogP contribution is -2.12. The van der Waals surface area contributed by atoms with E-state index < -0.39 is 17.5 Å². The van der Waals surface area contributed by atoms with E-state index in [2.05, 4.69) is 15.5 Å². The van der Waals surface area contributed by atoms with Crippen LogP contribution >= 0.6 is 0 Å². The molecule has 1 aromatic heterocycles. The zero-order valence-electron chi connectivity index (χ0n) is 10.2. The lowest BCUT2D eigenvalue weighted by molar-refractivity contribution is 0.102. The van der Waals surface area contributed by atoms with E-state index in [4.69, 9.17) is 0 Å². The topological polar surface area (TPSA) is 57.8 Å². The van der Waals surface area contributed by atoms with Crippen molar-refractivity contribution < 1.29 is 13.6 Å². The fraction of sp³-hybridized carbons (Fsp3) is 0. The third-order valence-corrected chi connectivity index (χ3v) is 2.88. The van der Waals surface area contributed by atoms with Gasteiger partial charge in [0.2, 0.25) is 0 Å². The average molecular weight is 273 g/mol. The molecule has 0 aliphatic carbocycles. The second kappa shape index (κ2) is 4.73. The summed E-state index contributed by atoms with van der Waals surface area (Å²) in [6.45, 7) is 0. The maximum absolute atomic E-state index is 13.1. The SMILES string of the molecule is O=C(Nc1ccc(F)c(F)c1)c1ccc2cn[nH]c2c1. The molecule has 1 heterocycles. The van der Waals surface area contributed by atoms with Crippen LogP contribution in [0, 0.1) is 11.6 Å². The summed E-state index contributed by atoms with van der Waals surface area (Å²) in [4.78, 5) is 12.0. The predicted octanol–water partition coefficient (Wildman–Crippen LogP) is 3.09. The van der Waals surface area contributed by atoms with E-state index in [0.717, 1.165) is 23.0 Å². The molecule has 1 amide bonds. The Hall–Kier alpha value is -2.76. The normalized spacial score (nSPS) is 10.7. The van der Waals surface area contributed by atoms with Crippen molar-refractivity contribution in [2.75, 3.05) is 5.32 Å². The number of aromatic amines is 1. The molecule has 100 valence electrons. The minimum absolute atomic E-state index is 0.193. The van der Waals surface area contributed by atoms with E-state index in [1.807, 2.05) is 0 Å². The second-order valence-corrected chi connectivity index (χ2v) is 4.26. The third kappa shape index (κ3) is 2.23. The number of H-pyrrole nitrogens is 1. The van der Waals surface area contributed by atoms with Crippen molar-refractivity contribution in [3.63, 3.8) is 0 Å². The van der Waals surface area contributed by atoms with E-state index >= 15 is 0 Å². The van der Waals surface area contributed by atoms with Gasteiger partial charge in [0.15, 0.2) is 11.6 Å². The number of carbonyl (C=O) groups excluding carboxylic acids is 1. The number of rotatable bonds is 2. The van der Waals surface area contributed by atoms with Crippen LogP contribution in [0.25, 0.3) is 10.9 Å². The Labute approximate surface area is 112 Å². The van der Waals surface area contributed by atoms with Crippen LogP contribution in [-0.4, -0.2) is 16.1 Å². The summed E-state index contributed by atoms with van der Waals surface area (Å²) in [5, 5.41) is 10.0. The summed E-state index contributed by atoms with van der Waals surface area (Å²) in [6.07, 6.45) is 1.65. The monoisotopic (exact) mass is 273 g/mol. The highest BCUT2D eigenvalue weighted by Gasteiger charge is 2.09. The van der Waals surface area contributed by atoms with Crippen LogP contribution in [0.15, 0.2) is 42.6 Å². The molecule has 4 nitrogen and oxygen atoms in total. The molecule has 0 bridgehead atoms. The molecule has 0 aliphatic heterocycles. The maximum Gasteiger partial charge on any atom is 0.255 e. The van der Waals surface area contributed by atoms with Gasteiger partial charge in [-0.15, -0.1) is 0 Å². The summed E-state index contributed by atoms with van der Waals surface area (Å²) in [5.74, 6) is -2.37. The molecule has 0 saturated carbocycles. The van der Waals surface area contributed by atoms with Crippen molar-refractivity contribution in [1.29, 1.82) is 0 Å². The van der Waals surface area contributed by atoms with Gasteiger partial charge in [-0.05, 0) is 24.3 Å². The minimum Gasteiger partial charge on any atom is -0.322 e. The first-order valence-electron chi connectivity index (χ1n) is 5.83. The first-order valence-corrected chi connectivity index (χ1v) is 5.83. The first-order chi connectivity index (χ1) is 9.63. The predicted molar refractivity (Wildman–Crippen MR) is 70.4 cm³/mol. The Balaban J connectivity index is 1.86. The zero-order chi connectivity index (χ0) is 14.1. The summed E-state index contributed by atoms with van der Waals surface area (Å²) in [6, 6.07) is 8.21. The smallest absolute Gasteiger partial charge is 0.255 e. The molecular formula is C14H9F2N3O. The lowest BCUT2D eigenvalue weighted by Gasteiger charge is -2.05. The molecule has 2 aromatic carbocycles. The fourth-order valence-corrected chi connectivity index (χ4v) is 1.86. The number of fused-ring (bicyclic) bond motifs is 1. The molecule has 2 N–H and O–H groups in total. The highest BCUT2D eigenvalue weighted by molar-refractivity contribution is 6.06. The highest BCUT2D eigenvalue weighted by Crippen LogP contribution is 2.16. The Bertz CT molecular complexity index is 798. The second-order valence-electron chi connectivity index (χ2n) is 4.26. The number of amides is 1. The molecular weight excluding hydrogens is 264 g/mol. The molecule has 3 aromatic rings. The van der Waals surface area contributed by atoms with Crippen LogP contribution in [-0.2, 0) is 0 Å². The number of nitrogens with one attached hydrogen (secondary N) is 2. The van der Waals surface area contributed by atoms with E-state index in [-0.39, 0.29) is 5.69 Å². The van der Waals surface area contributed by atoms with Crippen molar-refractivity contribution in [1.82, 2.24) is 10.2 Å². The quantitative estimate of drug-likeness (QED) is 0.753. The Kier molecular flexibility index (Phi) is 2.90. The van der Waals surface area contributed by atoms with Crippen molar-refractivity contribution >= 4 is 22.5 Å². The molecule has 0 saturated heterocycles. The Morgan fingerprint density at radius 3 is 2.75 bits per heavy atom. The number of halogens is 2. The Morgan fingerprint density at radius 1 is 1.10 bits per heavy atom.